The van der Waals surface area contributed by atoms with Crippen LogP contribution in [0.4, 0.5) is 14.5 Å². The van der Waals surface area contributed by atoms with Crippen LogP contribution in [0.2, 0.25) is 0 Å². The van der Waals surface area contributed by atoms with E-state index in [1.165, 1.54) is 18.2 Å². The van der Waals surface area contributed by atoms with Gasteiger partial charge in [-0.2, -0.15) is 0 Å². The van der Waals surface area contributed by atoms with Crippen molar-refractivity contribution in [2.75, 3.05) is 18.0 Å². The predicted octanol–water partition coefficient (Wildman–Crippen LogP) is 4.12. The van der Waals surface area contributed by atoms with Gasteiger partial charge in [0.15, 0.2) is 11.5 Å². The largest absolute Gasteiger partial charge is 0.481 e. The van der Waals surface area contributed by atoms with Crippen LogP contribution in [0.3, 0.4) is 0 Å². The second kappa shape index (κ2) is 7.02. The number of carbonyl (C=O) groups is 2. The Morgan fingerprint density at radius 1 is 1.14 bits per heavy atom. The third kappa shape index (κ3) is 2.55. The van der Waals surface area contributed by atoms with Crippen molar-refractivity contribution >= 4 is 17.4 Å². The number of carbonyl (C=O) groups excluding carboxylic acids is 1. The first kappa shape index (κ1) is 22.9. The van der Waals surface area contributed by atoms with Crippen LogP contribution in [0.1, 0.15) is 33.1 Å². The summed E-state index contributed by atoms with van der Waals surface area (Å²) >= 11 is 0. The van der Waals surface area contributed by atoms with E-state index >= 15 is 8.78 Å². The van der Waals surface area contributed by atoms with Crippen LogP contribution in [-0.4, -0.2) is 53.0 Å². The van der Waals surface area contributed by atoms with Crippen LogP contribution in [0.25, 0.3) is 0 Å². The lowest BCUT2D eigenvalue weighted by Gasteiger charge is -2.63. The van der Waals surface area contributed by atoms with Crippen molar-refractivity contribution in [3.05, 3.63) is 54.1 Å². The molecule has 1 aliphatic heterocycles. The Labute approximate surface area is 203 Å². The van der Waals surface area contributed by atoms with Gasteiger partial charge in [-0.15, -0.1) is 0 Å². The minimum Gasteiger partial charge on any atom is -0.481 e. The summed E-state index contributed by atoms with van der Waals surface area (Å²) in [6, 6.07) is 9.66. The molecule has 0 bridgehead atoms. The fraction of sp³-hybridized carbons (Fsp3) is 0.571. The molecule has 5 nitrogen and oxygen atoms in total. The van der Waals surface area contributed by atoms with E-state index in [0.29, 0.717) is 13.0 Å². The molecule has 7 heteroatoms. The van der Waals surface area contributed by atoms with E-state index in [9.17, 15) is 19.8 Å². The minimum atomic E-state index is -2.18. The van der Waals surface area contributed by atoms with Crippen LogP contribution in [-0.2, 0) is 9.59 Å². The second-order valence-corrected chi connectivity index (χ2v) is 11.8. The monoisotopic (exact) mass is 483 g/mol. The van der Waals surface area contributed by atoms with Crippen molar-refractivity contribution in [1.82, 2.24) is 0 Å². The standard InChI is InChI=1S/C28H31F2NO4/c1-25-9-8-18(32)11-21(25)22(29)12-20-19-10-16-14-31(17-6-4-3-5-7-17)15-27(16,24(34)35)26(19,2)13-23(33)28(20,25)30/h3-9,11,16,19-20,22-23,33H,10,12-15H2,1-2H3,(H,34,35)/t16-,19-,20-,22-,23-,25-,26-,27+,28-/m0/s1. The zero-order valence-electron chi connectivity index (χ0n) is 20.0. The third-order valence-corrected chi connectivity index (χ3v) is 10.7. The van der Waals surface area contributed by atoms with Gasteiger partial charge in [0.25, 0.3) is 0 Å². The highest BCUT2D eigenvalue weighted by Crippen LogP contribution is 2.74. The molecule has 3 saturated carbocycles. The number of anilines is 1. The Morgan fingerprint density at radius 2 is 1.86 bits per heavy atom. The highest BCUT2D eigenvalue weighted by molar-refractivity contribution is 6.01. The number of aliphatic hydroxyl groups is 1. The molecule has 4 aliphatic carbocycles. The number of aliphatic hydroxyl groups excluding tert-OH is 1. The van der Waals surface area contributed by atoms with Gasteiger partial charge in [0.05, 0.1) is 11.5 Å². The summed E-state index contributed by atoms with van der Waals surface area (Å²) in [5.74, 6) is -2.78. The Bertz CT molecular complexity index is 1170. The minimum absolute atomic E-state index is 0.0162. The van der Waals surface area contributed by atoms with Crippen molar-refractivity contribution in [2.45, 2.75) is 51.1 Å². The lowest BCUT2D eigenvalue weighted by Crippen LogP contribution is -2.69. The van der Waals surface area contributed by atoms with E-state index in [1.54, 1.807) is 6.92 Å². The smallest absolute Gasteiger partial charge is 0.312 e. The summed E-state index contributed by atoms with van der Waals surface area (Å²) in [6.45, 7) is 4.26. The van der Waals surface area contributed by atoms with Gasteiger partial charge in [-0.25, -0.2) is 8.78 Å². The van der Waals surface area contributed by atoms with Crippen molar-refractivity contribution in [3.8, 4) is 0 Å². The first-order valence-electron chi connectivity index (χ1n) is 12.5. The molecule has 1 aromatic rings. The molecule has 0 aromatic heterocycles. The number of rotatable bonds is 2. The Hall–Kier alpha value is -2.54. The normalized spacial score (nSPS) is 48.0. The molecule has 5 aliphatic rings. The lowest BCUT2D eigenvalue weighted by molar-refractivity contribution is -0.214. The molecule has 0 unspecified atom stereocenters. The number of aliphatic carboxylic acids is 1. The van der Waals surface area contributed by atoms with Gasteiger partial charge >= 0.3 is 5.97 Å². The zero-order chi connectivity index (χ0) is 25.0. The molecular formula is C28H31F2NO4. The van der Waals surface area contributed by atoms with E-state index in [4.69, 9.17) is 0 Å². The number of alkyl halides is 2. The lowest BCUT2D eigenvalue weighted by atomic mass is 9.43. The summed E-state index contributed by atoms with van der Waals surface area (Å²) in [6.07, 6.45) is 1.18. The number of ketones is 1. The van der Waals surface area contributed by atoms with Crippen LogP contribution in [0.5, 0.6) is 0 Å². The van der Waals surface area contributed by atoms with E-state index in [-0.39, 0.29) is 36.7 Å². The Balaban J connectivity index is 1.45. The molecule has 0 spiro atoms. The number of allylic oxidation sites excluding steroid dienone is 4. The number of benzene rings is 1. The summed E-state index contributed by atoms with van der Waals surface area (Å²) in [4.78, 5) is 27.1. The quantitative estimate of drug-likeness (QED) is 0.662. The van der Waals surface area contributed by atoms with Crippen LogP contribution in [0.15, 0.2) is 54.1 Å². The van der Waals surface area contributed by atoms with Gasteiger partial charge in [-0.3, -0.25) is 9.59 Å². The molecule has 35 heavy (non-hydrogen) atoms. The van der Waals surface area contributed by atoms with E-state index in [2.05, 4.69) is 4.90 Å². The number of para-hydroxylation sites is 1. The van der Waals surface area contributed by atoms with Crippen molar-refractivity contribution in [1.29, 1.82) is 0 Å². The highest BCUT2D eigenvalue weighted by Gasteiger charge is 2.78. The molecule has 1 aromatic carbocycles. The SMILES string of the molecule is C[C@]12C=CC(=O)C=C1[C@@H](F)C[C@H]1[C@@H]3C[C@H]4CN(c5ccccc5)C[C@@]4(C(=O)O)[C@@]3(C)C[C@H](O)[C@@]12F. The average Bonchev–Trinajstić information content (AvgIpc) is 3.32. The predicted molar refractivity (Wildman–Crippen MR) is 126 cm³/mol. The molecule has 0 amide bonds. The number of fused-ring (bicyclic) bond motifs is 7. The van der Waals surface area contributed by atoms with Crippen molar-refractivity contribution in [3.63, 3.8) is 0 Å². The van der Waals surface area contributed by atoms with Crippen LogP contribution < -0.4 is 4.90 Å². The number of carboxylic acid groups (broad SMARTS) is 1. The number of hydrogen-bond donors (Lipinski definition) is 2. The van der Waals surface area contributed by atoms with Gasteiger partial charge in [0, 0.05) is 30.1 Å². The molecule has 2 N–H and O–H groups in total. The average molecular weight is 484 g/mol. The van der Waals surface area contributed by atoms with Crippen LogP contribution >= 0.6 is 0 Å². The maximum atomic E-state index is 17.3. The van der Waals surface area contributed by atoms with Crippen molar-refractivity contribution in [2.24, 2.45) is 34.0 Å². The molecule has 1 heterocycles. The molecular weight excluding hydrogens is 452 g/mol. The number of nitrogens with zero attached hydrogens (tertiary/aromatic N) is 1. The summed E-state index contributed by atoms with van der Waals surface area (Å²) in [5, 5.41) is 22.2. The summed E-state index contributed by atoms with van der Waals surface area (Å²) in [7, 11) is 0. The van der Waals surface area contributed by atoms with E-state index < -0.39 is 52.0 Å². The first-order valence-corrected chi connectivity index (χ1v) is 12.5. The third-order valence-electron chi connectivity index (χ3n) is 10.7. The molecule has 1 saturated heterocycles. The molecule has 0 radical (unpaired) electrons. The van der Waals surface area contributed by atoms with Gasteiger partial charge in [-0.1, -0.05) is 31.2 Å². The van der Waals surface area contributed by atoms with Gasteiger partial charge in [0.2, 0.25) is 0 Å². The molecule has 9 atom stereocenters. The van der Waals surface area contributed by atoms with E-state index in [1.807, 2.05) is 37.3 Å². The van der Waals surface area contributed by atoms with Gasteiger partial charge in [-0.05, 0) is 73.3 Å². The molecule has 6 rings (SSSR count). The van der Waals surface area contributed by atoms with Gasteiger partial charge in [0.1, 0.15) is 6.17 Å². The fourth-order valence-electron chi connectivity index (χ4n) is 8.97. The summed E-state index contributed by atoms with van der Waals surface area (Å²) < 4.78 is 32.9. The number of carboxylic acids is 1. The number of halogens is 2. The van der Waals surface area contributed by atoms with Crippen LogP contribution in [0, 0.1) is 34.0 Å². The second-order valence-electron chi connectivity index (χ2n) is 11.8. The highest BCUT2D eigenvalue weighted by atomic mass is 19.1. The zero-order valence-corrected chi connectivity index (χ0v) is 20.0. The van der Waals surface area contributed by atoms with Crippen molar-refractivity contribution < 1.29 is 28.6 Å². The van der Waals surface area contributed by atoms with E-state index in [0.717, 1.165) is 5.69 Å². The fourth-order valence-corrected chi connectivity index (χ4v) is 8.97. The number of hydrogen-bond acceptors (Lipinski definition) is 4. The first-order chi connectivity index (χ1) is 16.5. The molecule has 4 fully saturated rings. The maximum Gasteiger partial charge on any atom is 0.312 e. The topological polar surface area (TPSA) is 77.8 Å². The Morgan fingerprint density at radius 3 is 2.54 bits per heavy atom. The Kier molecular flexibility index (Phi) is 4.60. The molecule has 186 valence electrons. The summed E-state index contributed by atoms with van der Waals surface area (Å²) in [5.41, 5.74) is -4.67. The maximum absolute atomic E-state index is 17.3. The van der Waals surface area contributed by atoms with Gasteiger partial charge < -0.3 is 15.1 Å².